The third-order valence-corrected chi connectivity index (χ3v) is 5.02. The summed E-state index contributed by atoms with van der Waals surface area (Å²) in [5, 5.41) is 0. The Morgan fingerprint density at radius 3 is 2.59 bits per heavy atom. The Hall–Kier alpha value is -3.23. The number of alkyl halides is 3. The monoisotopic (exact) mass is 406 g/mol. The highest BCUT2D eigenvalue weighted by Crippen LogP contribution is 2.34. The maximum absolute atomic E-state index is 13.0. The van der Waals surface area contributed by atoms with Gasteiger partial charge in [0.2, 0.25) is 12.7 Å². The third-order valence-electron chi connectivity index (χ3n) is 5.02. The van der Waals surface area contributed by atoms with Crippen LogP contribution in [-0.4, -0.2) is 42.6 Å². The number of benzene rings is 2. The standard InChI is InChI=1S/C20H17F3N2O4/c1-12-18(26)25(15-4-2-3-14(10-15)20(21,22)23)8-7-24(12)19(27)13-5-6-16-17(9-13)29-11-28-16/h2-6,9-10,12H,7-8,11H2,1H3. The van der Waals surface area contributed by atoms with Gasteiger partial charge in [-0.2, -0.15) is 13.2 Å². The molecule has 0 saturated carbocycles. The smallest absolute Gasteiger partial charge is 0.416 e. The minimum atomic E-state index is -4.50. The molecule has 1 fully saturated rings. The second kappa shape index (κ2) is 6.98. The zero-order valence-electron chi connectivity index (χ0n) is 15.4. The van der Waals surface area contributed by atoms with Crippen molar-refractivity contribution < 1.29 is 32.2 Å². The molecule has 0 bridgehead atoms. The maximum Gasteiger partial charge on any atom is 0.416 e. The van der Waals surface area contributed by atoms with Crippen molar-refractivity contribution in [2.45, 2.75) is 19.1 Å². The van der Waals surface area contributed by atoms with Crippen LogP contribution in [0.3, 0.4) is 0 Å². The average molecular weight is 406 g/mol. The van der Waals surface area contributed by atoms with Gasteiger partial charge in [0.05, 0.1) is 5.56 Å². The summed E-state index contributed by atoms with van der Waals surface area (Å²) in [6.07, 6.45) is -4.50. The number of rotatable bonds is 2. The van der Waals surface area contributed by atoms with Crippen LogP contribution < -0.4 is 14.4 Å². The zero-order valence-corrected chi connectivity index (χ0v) is 15.4. The van der Waals surface area contributed by atoms with Crippen LogP contribution in [0.5, 0.6) is 11.5 Å². The first-order valence-electron chi connectivity index (χ1n) is 8.95. The van der Waals surface area contributed by atoms with E-state index in [-0.39, 0.29) is 31.5 Å². The lowest BCUT2D eigenvalue weighted by Gasteiger charge is -2.39. The molecular formula is C20H17F3N2O4. The van der Waals surface area contributed by atoms with E-state index in [0.717, 1.165) is 12.1 Å². The first-order valence-corrected chi connectivity index (χ1v) is 8.95. The number of carbonyl (C=O) groups is 2. The van der Waals surface area contributed by atoms with Gasteiger partial charge in [-0.3, -0.25) is 9.59 Å². The Balaban J connectivity index is 1.54. The fraction of sp³-hybridized carbons (Fsp3) is 0.300. The Bertz CT molecular complexity index is 976. The highest BCUT2D eigenvalue weighted by molar-refractivity contribution is 6.03. The second-order valence-corrected chi connectivity index (χ2v) is 6.78. The number of piperazine rings is 1. The molecule has 0 aromatic heterocycles. The number of carbonyl (C=O) groups excluding carboxylic acids is 2. The molecule has 2 aliphatic rings. The fourth-order valence-electron chi connectivity index (χ4n) is 3.45. The van der Waals surface area contributed by atoms with Crippen LogP contribution in [0, 0.1) is 0 Å². The summed E-state index contributed by atoms with van der Waals surface area (Å²) in [6.45, 7) is 1.93. The van der Waals surface area contributed by atoms with Gasteiger partial charge < -0.3 is 19.3 Å². The van der Waals surface area contributed by atoms with Crippen LogP contribution in [-0.2, 0) is 11.0 Å². The fourth-order valence-corrected chi connectivity index (χ4v) is 3.45. The van der Waals surface area contributed by atoms with E-state index in [1.54, 1.807) is 25.1 Å². The normalized spacial score (nSPS) is 18.9. The zero-order chi connectivity index (χ0) is 20.8. The lowest BCUT2D eigenvalue weighted by atomic mass is 10.1. The number of nitrogens with zero attached hydrogens (tertiary/aromatic N) is 2. The lowest BCUT2D eigenvalue weighted by Crippen LogP contribution is -2.57. The summed E-state index contributed by atoms with van der Waals surface area (Å²) < 4.78 is 49.5. The number of amides is 2. The Labute approximate surface area is 164 Å². The SMILES string of the molecule is CC1C(=O)N(c2cccc(C(F)(F)F)c2)CCN1C(=O)c1ccc2c(c1)OCO2. The van der Waals surface area contributed by atoms with Crippen molar-refractivity contribution in [3.05, 3.63) is 53.6 Å². The van der Waals surface area contributed by atoms with Gasteiger partial charge in [0, 0.05) is 24.3 Å². The quantitative estimate of drug-likeness (QED) is 0.768. The summed E-state index contributed by atoms with van der Waals surface area (Å²) in [4.78, 5) is 28.4. The molecule has 2 heterocycles. The predicted octanol–water partition coefficient (Wildman–Crippen LogP) is 3.31. The number of halogens is 3. The summed E-state index contributed by atoms with van der Waals surface area (Å²) in [5.41, 5.74) is -0.317. The van der Waals surface area contributed by atoms with Crippen molar-refractivity contribution in [2.75, 3.05) is 24.8 Å². The Kier molecular flexibility index (Phi) is 4.60. The summed E-state index contributed by atoms with van der Waals surface area (Å²) >= 11 is 0. The van der Waals surface area contributed by atoms with Crippen molar-refractivity contribution in [2.24, 2.45) is 0 Å². The molecule has 2 amide bonds. The molecule has 2 aromatic carbocycles. The molecule has 0 aliphatic carbocycles. The van der Waals surface area contributed by atoms with Crippen LogP contribution >= 0.6 is 0 Å². The van der Waals surface area contributed by atoms with Gasteiger partial charge >= 0.3 is 6.18 Å². The molecule has 0 N–H and O–H groups in total. The topological polar surface area (TPSA) is 59.1 Å². The van der Waals surface area contributed by atoms with Crippen LogP contribution in [0.25, 0.3) is 0 Å². The lowest BCUT2D eigenvalue weighted by molar-refractivity contribution is -0.137. The molecule has 1 saturated heterocycles. The van der Waals surface area contributed by atoms with Crippen LogP contribution in [0.2, 0.25) is 0 Å². The van der Waals surface area contributed by atoms with E-state index < -0.39 is 23.7 Å². The molecule has 2 aromatic rings. The second-order valence-electron chi connectivity index (χ2n) is 6.78. The van der Waals surface area contributed by atoms with E-state index in [0.29, 0.717) is 17.1 Å². The molecule has 4 rings (SSSR count). The Morgan fingerprint density at radius 1 is 1.07 bits per heavy atom. The van der Waals surface area contributed by atoms with E-state index in [9.17, 15) is 22.8 Å². The van der Waals surface area contributed by atoms with Crippen LogP contribution in [0.1, 0.15) is 22.8 Å². The van der Waals surface area contributed by atoms with Crippen molar-refractivity contribution in [3.63, 3.8) is 0 Å². The number of hydrogen-bond donors (Lipinski definition) is 0. The highest BCUT2D eigenvalue weighted by atomic mass is 19.4. The highest BCUT2D eigenvalue weighted by Gasteiger charge is 2.37. The third kappa shape index (κ3) is 3.48. The van der Waals surface area contributed by atoms with Gasteiger partial charge in [0.1, 0.15) is 6.04 Å². The molecule has 2 aliphatic heterocycles. The molecule has 0 radical (unpaired) electrons. The molecule has 6 nitrogen and oxygen atoms in total. The van der Waals surface area contributed by atoms with E-state index >= 15 is 0 Å². The van der Waals surface area contributed by atoms with Gasteiger partial charge in [0.15, 0.2) is 11.5 Å². The minimum Gasteiger partial charge on any atom is -0.454 e. The van der Waals surface area contributed by atoms with E-state index in [1.165, 1.54) is 21.9 Å². The summed E-state index contributed by atoms with van der Waals surface area (Å²) in [5.74, 6) is 0.204. The molecular weight excluding hydrogens is 389 g/mol. The number of fused-ring (bicyclic) bond motifs is 1. The molecule has 1 unspecified atom stereocenters. The van der Waals surface area contributed by atoms with E-state index in [2.05, 4.69) is 0 Å². The molecule has 29 heavy (non-hydrogen) atoms. The molecule has 1 atom stereocenters. The largest absolute Gasteiger partial charge is 0.454 e. The van der Waals surface area contributed by atoms with Gasteiger partial charge in [-0.1, -0.05) is 6.07 Å². The summed E-state index contributed by atoms with van der Waals surface area (Å²) in [6, 6.07) is 8.57. The van der Waals surface area contributed by atoms with E-state index in [4.69, 9.17) is 9.47 Å². The van der Waals surface area contributed by atoms with Crippen LogP contribution in [0.15, 0.2) is 42.5 Å². The minimum absolute atomic E-state index is 0.0809. The molecule has 152 valence electrons. The first-order chi connectivity index (χ1) is 13.8. The van der Waals surface area contributed by atoms with Crippen molar-refractivity contribution in [1.29, 1.82) is 0 Å². The van der Waals surface area contributed by atoms with Gasteiger partial charge in [0.25, 0.3) is 5.91 Å². The van der Waals surface area contributed by atoms with Gasteiger partial charge in [-0.05, 0) is 43.3 Å². The number of anilines is 1. The number of hydrogen-bond acceptors (Lipinski definition) is 4. The predicted molar refractivity (Wildman–Crippen MR) is 96.9 cm³/mol. The number of ether oxygens (including phenoxy) is 2. The van der Waals surface area contributed by atoms with Crippen molar-refractivity contribution in [3.8, 4) is 11.5 Å². The van der Waals surface area contributed by atoms with Crippen molar-refractivity contribution in [1.82, 2.24) is 4.90 Å². The average Bonchev–Trinajstić information content (AvgIpc) is 3.17. The Morgan fingerprint density at radius 2 is 1.83 bits per heavy atom. The van der Waals surface area contributed by atoms with Crippen molar-refractivity contribution >= 4 is 17.5 Å². The maximum atomic E-state index is 13.0. The van der Waals surface area contributed by atoms with E-state index in [1.807, 2.05) is 0 Å². The van der Waals surface area contributed by atoms with Gasteiger partial charge in [-0.25, -0.2) is 0 Å². The molecule has 0 spiro atoms. The summed E-state index contributed by atoms with van der Waals surface area (Å²) in [7, 11) is 0. The molecule has 9 heteroatoms. The van der Waals surface area contributed by atoms with Crippen LogP contribution in [0.4, 0.5) is 18.9 Å². The van der Waals surface area contributed by atoms with Gasteiger partial charge in [-0.15, -0.1) is 0 Å². The first kappa shape index (κ1) is 19.1.